The lowest BCUT2D eigenvalue weighted by molar-refractivity contribution is -0.121. The number of hydrogen-bond donors (Lipinski definition) is 1. The van der Waals surface area contributed by atoms with Gasteiger partial charge in [0.1, 0.15) is 6.54 Å². The largest absolute Gasteiger partial charge is 0.369 e. The molecule has 136 valence electrons. The van der Waals surface area contributed by atoms with Crippen molar-refractivity contribution in [2.75, 3.05) is 18.5 Å². The Bertz CT molecular complexity index is 888. The van der Waals surface area contributed by atoms with Gasteiger partial charge in [-0.1, -0.05) is 41.4 Å². The van der Waals surface area contributed by atoms with Gasteiger partial charge in [-0.15, -0.1) is 11.6 Å². The van der Waals surface area contributed by atoms with Crippen molar-refractivity contribution >= 4 is 52.3 Å². The Balaban J connectivity index is 1.82. The lowest BCUT2D eigenvalue weighted by Crippen LogP contribution is -2.40. The van der Waals surface area contributed by atoms with Crippen molar-refractivity contribution < 1.29 is 14.7 Å². The summed E-state index contributed by atoms with van der Waals surface area (Å²) in [5, 5.41) is 11.0. The maximum atomic E-state index is 12.7. The van der Waals surface area contributed by atoms with E-state index in [-0.39, 0.29) is 17.4 Å². The maximum Gasteiger partial charge on any atom is 0.257 e. The molecule has 0 aromatic heterocycles. The number of carbonyl (C=O) groups excluding carboxylic acids is 2. The fourth-order valence-electron chi connectivity index (χ4n) is 2.86. The minimum Gasteiger partial charge on any atom is -0.369 e. The molecule has 2 aromatic carbocycles. The molecule has 26 heavy (non-hydrogen) atoms. The van der Waals surface area contributed by atoms with Gasteiger partial charge in [0.15, 0.2) is 6.23 Å². The number of amides is 2. The van der Waals surface area contributed by atoms with E-state index in [1.54, 1.807) is 36.4 Å². The normalized spacial score (nSPS) is 16.0. The molecule has 0 saturated heterocycles. The van der Waals surface area contributed by atoms with Gasteiger partial charge in [0, 0.05) is 28.8 Å². The summed E-state index contributed by atoms with van der Waals surface area (Å²) in [5.41, 5.74) is 1.83. The van der Waals surface area contributed by atoms with Gasteiger partial charge in [-0.3, -0.25) is 14.5 Å². The van der Waals surface area contributed by atoms with Gasteiger partial charge in [0.2, 0.25) is 5.91 Å². The Labute approximate surface area is 165 Å². The van der Waals surface area contributed by atoms with Crippen molar-refractivity contribution in [1.29, 1.82) is 0 Å². The molecule has 0 spiro atoms. The van der Waals surface area contributed by atoms with E-state index in [4.69, 9.17) is 34.8 Å². The minimum absolute atomic E-state index is 0.103. The van der Waals surface area contributed by atoms with Crippen LogP contribution in [0.4, 0.5) is 5.69 Å². The molecule has 2 aromatic rings. The van der Waals surface area contributed by atoms with E-state index in [0.29, 0.717) is 27.4 Å². The summed E-state index contributed by atoms with van der Waals surface area (Å²) in [5.74, 6) is -0.694. The van der Waals surface area contributed by atoms with Crippen LogP contribution in [0.3, 0.4) is 0 Å². The van der Waals surface area contributed by atoms with Crippen LogP contribution in [-0.2, 0) is 10.7 Å². The Morgan fingerprint density at radius 3 is 2.58 bits per heavy atom. The molecule has 1 atom stereocenters. The Morgan fingerprint density at radius 2 is 1.92 bits per heavy atom. The van der Waals surface area contributed by atoms with E-state index in [0.717, 1.165) is 4.90 Å². The van der Waals surface area contributed by atoms with Crippen molar-refractivity contribution in [1.82, 2.24) is 4.90 Å². The zero-order valence-corrected chi connectivity index (χ0v) is 16.0. The third-order valence-corrected chi connectivity index (χ3v) is 5.41. The first-order valence-corrected chi connectivity index (χ1v) is 9.03. The van der Waals surface area contributed by atoms with E-state index in [1.807, 2.05) is 0 Å². The zero-order chi connectivity index (χ0) is 19.0. The predicted molar refractivity (Wildman–Crippen MR) is 102 cm³/mol. The molecule has 0 saturated carbocycles. The number of halogens is 3. The zero-order valence-electron chi connectivity index (χ0n) is 13.7. The first-order chi connectivity index (χ1) is 12.4. The van der Waals surface area contributed by atoms with Crippen LogP contribution in [0.2, 0.25) is 10.0 Å². The number of benzene rings is 2. The Kier molecular flexibility index (Phi) is 5.44. The van der Waals surface area contributed by atoms with Gasteiger partial charge >= 0.3 is 0 Å². The molecule has 0 fully saturated rings. The number of fused-ring (bicyclic) bond motifs is 1. The maximum absolute atomic E-state index is 12.7. The third kappa shape index (κ3) is 3.16. The van der Waals surface area contributed by atoms with Crippen LogP contribution >= 0.6 is 34.8 Å². The molecule has 0 bridgehead atoms. The molecule has 1 heterocycles. The van der Waals surface area contributed by atoms with Crippen molar-refractivity contribution in [3.8, 4) is 0 Å². The van der Waals surface area contributed by atoms with Gasteiger partial charge in [-0.25, -0.2) is 0 Å². The molecule has 1 aliphatic rings. The second-order valence-electron chi connectivity index (χ2n) is 5.84. The predicted octanol–water partition coefficient (Wildman–Crippen LogP) is 3.84. The highest BCUT2D eigenvalue weighted by Crippen LogP contribution is 2.35. The van der Waals surface area contributed by atoms with Crippen molar-refractivity contribution in [3.63, 3.8) is 0 Å². The number of rotatable bonds is 4. The lowest BCUT2D eigenvalue weighted by atomic mass is 10.1. The smallest absolute Gasteiger partial charge is 0.257 e. The minimum atomic E-state index is -1.16. The van der Waals surface area contributed by atoms with E-state index in [9.17, 15) is 14.7 Å². The van der Waals surface area contributed by atoms with Gasteiger partial charge in [-0.2, -0.15) is 0 Å². The average Bonchev–Trinajstić information content (AvgIpc) is 2.87. The van der Waals surface area contributed by atoms with Crippen LogP contribution in [0.5, 0.6) is 0 Å². The molecule has 1 unspecified atom stereocenters. The highest BCUT2D eigenvalue weighted by atomic mass is 35.5. The van der Waals surface area contributed by atoms with E-state index in [1.165, 1.54) is 11.9 Å². The number of nitrogens with zero attached hydrogens (tertiary/aromatic N) is 2. The molecule has 5 nitrogen and oxygen atoms in total. The SMILES string of the molecule is CN(C(=O)CN1C(=O)c2ccccc2C1O)c1ccc(Cl)c(CCl)c1Cl. The number of alkyl halides is 1. The second kappa shape index (κ2) is 7.45. The molecule has 1 aliphatic heterocycles. The summed E-state index contributed by atoms with van der Waals surface area (Å²) in [4.78, 5) is 27.6. The topological polar surface area (TPSA) is 60.9 Å². The summed E-state index contributed by atoms with van der Waals surface area (Å²) in [6.45, 7) is -0.291. The molecule has 8 heteroatoms. The van der Waals surface area contributed by atoms with Crippen molar-refractivity contribution in [3.05, 3.63) is 63.1 Å². The number of aliphatic hydroxyl groups is 1. The number of likely N-dealkylation sites (N-methyl/N-ethyl adjacent to an activating group) is 1. The number of carbonyl (C=O) groups is 2. The van der Waals surface area contributed by atoms with Crippen molar-refractivity contribution in [2.45, 2.75) is 12.1 Å². The molecular weight excluding hydrogens is 399 g/mol. The van der Waals surface area contributed by atoms with Crippen molar-refractivity contribution in [2.24, 2.45) is 0 Å². The molecular formula is C18H15Cl3N2O3. The van der Waals surface area contributed by atoms with Gasteiger partial charge in [0.25, 0.3) is 5.91 Å². The first-order valence-electron chi connectivity index (χ1n) is 7.74. The molecule has 2 amide bonds. The summed E-state index contributed by atoms with van der Waals surface area (Å²) in [6.07, 6.45) is -1.16. The monoisotopic (exact) mass is 412 g/mol. The number of hydrogen-bond acceptors (Lipinski definition) is 3. The second-order valence-corrected chi connectivity index (χ2v) is 6.89. The van der Waals surface area contributed by atoms with Crippen LogP contribution in [0.15, 0.2) is 36.4 Å². The summed E-state index contributed by atoms with van der Waals surface area (Å²) >= 11 is 18.2. The number of anilines is 1. The fraction of sp³-hybridized carbons (Fsp3) is 0.222. The van der Waals surface area contributed by atoms with Gasteiger partial charge in [-0.05, 0) is 18.2 Å². The van der Waals surface area contributed by atoms with Crippen LogP contribution in [0, 0.1) is 0 Å². The highest BCUT2D eigenvalue weighted by molar-refractivity contribution is 6.39. The first kappa shape index (κ1) is 19.0. The Hall–Kier alpha value is -1.79. The third-order valence-electron chi connectivity index (χ3n) is 4.37. The van der Waals surface area contributed by atoms with E-state index >= 15 is 0 Å². The standard InChI is InChI=1S/C18H15Cl3N2O3/c1-22(14-7-6-13(20)12(8-19)16(14)21)15(24)9-23-17(25)10-4-2-3-5-11(10)18(23)26/h2-7,17,25H,8-9H2,1H3. The van der Waals surface area contributed by atoms with Gasteiger partial charge in [0.05, 0.1) is 16.6 Å². The Morgan fingerprint density at radius 1 is 1.23 bits per heavy atom. The van der Waals surface area contributed by atoms with Crippen LogP contribution in [0.25, 0.3) is 0 Å². The summed E-state index contributed by atoms with van der Waals surface area (Å²) in [7, 11) is 1.54. The number of aliphatic hydroxyl groups excluding tert-OH is 1. The van der Waals surface area contributed by atoms with E-state index in [2.05, 4.69) is 0 Å². The molecule has 0 radical (unpaired) electrons. The quantitative estimate of drug-likeness (QED) is 0.775. The van der Waals surface area contributed by atoms with Crippen LogP contribution < -0.4 is 4.90 Å². The van der Waals surface area contributed by atoms with Crippen LogP contribution in [-0.4, -0.2) is 35.4 Å². The van der Waals surface area contributed by atoms with Gasteiger partial charge < -0.3 is 10.0 Å². The molecule has 1 N–H and O–H groups in total. The van der Waals surface area contributed by atoms with E-state index < -0.39 is 18.0 Å². The summed E-state index contributed by atoms with van der Waals surface area (Å²) < 4.78 is 0. The lowest BCUT2D eigenvalue weighted by Gasteiger charge is -2.25. The van der Waals surface area contributed by atoms with Crippen LogP contribution in [0.1, 0.15) is 27.7 Å². The average molecular weight is 414 g/mol. The highest BCUT2D eigenvalue weighted by Gasteiger charge is 2.37. The molecule has 3 rings (SSSR count). The fourth-order valence-corrected chi connectivity index (χ4v) is 3.91. The molecule has 0 aliphatic carbocycles. The summed E-state index contributed by atoms with van der Waals surface area (Å²) in [6, 6.07) is 9.94.